The van der Waals surface area contributed by atoms with Gasteiger partial charge in [-0.2, -0.15) is 0 Å². The lowest BCUT2D eigenvalue weighted by Gasteiger charge is -2.18. The maximum Gasteiger partial charge on any atom is 0.290 e. The average molecular weight is 431 g/mol. The zero-order valence-corrected chi connectivity index (χ0v) is 20.5. The number of allylic oxidation sites excluding steroid dienone is 2. The van der Waals surface area contributed by atoms with Gasteiger partial charge in [0.25, 0.3) is 5.91 Å². The molecule has 0 N–H and O–H groups in total. The van der Waals surface area contributed by atoms with E-state index in [-0.39, 0.29) is 17.3 Å². The maximum absolute atomic E-state index is 11.6. The standard InChI is InChI=1S/C11H15NO3.C8H10.C6H13NO/c1-6-9(7(2)8(3)13)10(14)11(15)12(4)5;1-7-5-3-4-6-8(7)2;1-5(2)7(4)6(3)8/h6,9H,1-2H2,3-5H3;3-6H,1-2H3;5H,1-4H3. The van der Waals surface area contributed by atoms with Crippen molar-refractivity contribution in [1.29, 1.82) is 0 Å². The number of rotatable bonds is 6. The first-order valence-corrected chi connectivity index (χ1v) is 10.0. The molecule has 0 aliphatic rings. The Bertz CT molecular complexity index is 773. The summed E-state index contributed by atoms with van der Waals surface area (Å²) in [7, 11) is 4.74. The highest BCUT2D eigenvalue weighted by molar-refractivity contribution is 6.38. The third-order valence-corrected chi connectivity index (χ3v) is 4.66. The number of carbonyl (C=O) groups is 4. The summed E-state index contributed by atoms with van der Waals surface area (Å²) < 4.78 is 0. The van der Waals surface area contributed by atoms with Gasteiger partial charge in [-0.15, -0.1) is 6.58 Å². The van der Waals surface area contributed by atoms with Crippen molar-refractivity contribution in [2.45, 2.75) is 47.6 Å². The van der Waals surface area contributed by atoms with Crippen LogP contribution in [-0.2, 0) is 19.2 Å². The number of ketones is 2. The van der Waals surface area contributed by atoms with E-state index >= 15 is 0 Å². The summed E-state index contributed by atoms with van der Waals surface area (Å²) in [6.45, 7) is 18.0. The van der Waals surface area contributed by atoms with E-state index < -0.39 is 17.6 Å². The van der Waals surface area contributed by atoms with Crippen molar-refractivity contribution in [3.63, 3.8) is 0 Å². The molecule has 0 spiro atoms. The Kier molecular flexibility index (Phi) is 14.5. The van der Waals surface area contributed by atoms with E-state index in [1.165, 1.54) is 38.2 Å². The summed E-state index contributed by atoms with van der Waals surface area (Å²) >= 11 is 0. The van der Waals surface area contributed by atoms with Crippen LogP contribution in [0.15, 0.2) is 49.1 Å². The van der Waals surface area contributed by atoms with Gasteiger partial charge in [-0.25, -0.2) is 0 Å². The Morgan fingerprint density at radius 2 is 1.35 bits per heavy atom. The monoisotopic (exact) mass is 430 g/mol. The number of amides is 2. The van der Waals surface area contributed by atoms with Crippen molar-refractivity contribution >= 4 is 23.4 Å². The van der Waals surface area contributed by atoms with E-state index in [9.17, 15) is 19.2 Å². The number of Topliss-reactive ketones (excluding diaryl/α,β-unsaturated/α-hetero) is 2. The number of nitrogens with zero attached hydrogens (tertiary/aromatic N) is 2. The highest BCUT2D eigenvalue weighted by Crippen LogP contribution is 2.13. The van der Waals surface area contributed by atoms with Gasteiger partial charge in [0.2, 0.25) is 11.7 Å². The lowest BCUT2D eigenvalue weighted by atomic mass is 9.92. The molecule has 0 fully saturated rings. The van der Waals surface area contributed by atoms with Crippen molar-refractivity contribution in [2.75, 3.05) is 21.1 Å². The van der Waals surface area contributed by atoms with Crippen molar-refractivity contribution < 1.29 is 19.2 Å². The van der Waals surface area contributed by atoms with Gasteiger partial charge in [-0.3, -0.25) is 19.2 Å². The molecule has 1 aromatic carbocycles. The fourth-order valence-electron chi connectivity index (χ4n) is 2.01. The molecule has 1 atom stereocenters. The van der Waals surface area contributed by atoms with E-state index in [1.54, 1.807) is 18.9 Å². The third kappa shape index (κ3) is 11.7. The highest BCUT2D eigenvalue weighted by Gasteiger charge is 2.27. The lowest BCUT2D eigenvalue weighted by Crippen LogP contribution is -2.35. The number of likely N-dealkylation sites (N-methyl/N-ethyl adjacent to an activating group) is 1. The fourth-order valence-corrected chi connectivity index (χ4v) is 2.01. The number of carbonyl (C=O) groups excluding carboxylic acids is 4. The normalized spacial score (nSPS) is 10.4. The molecule has 2 amide bonds. The van der Waals surface area contributed by atoms with Gasteiger partial charge in [0.05, 0.1) is 5.92 Å². The lowest BCUT2D eigenvalue weighted by molar-refractivity contribution is -0.144. The molecule has 1 unspecified atom stereocenters. The first kappa shape index (κ1) is 30.2. The van der Waals surface area contributed by atoms with Gasteiger partial charge < -0.3 is 9.80 Å². The van der Waals surface area contributed by atoms with Crippen LogP contribution in [0.3, 0.4) is 0 Å². The smallest absolute Gasteiger partial charge is 0.290 e. The summed E-state index contributed by atoms with van der Waals surface area (Å²) in [5.74, 6) is -2.46. The molecule has 6 nitrogen and oxygen atoms in total. The molecule has 0 heterocycles. The van der Waals surface area contributed by atoms with Crippen molar-refractivity contribution in [2.24, 2.45) is 5.92 Å². The van der Waals surface area contributed by atoms with E-state index in [0.717, 1.165) is 4.90 Å². The Morgan fingerprint density at radius 3 is 1.55 bits per heavy atom. The number of aryl methyl sites for hydroxylation is 2. The summed E-state index contributed by atoms with van der Waals surface area (Å²) in [5, 5.41) is 0. The average Bonchev–Trinajstić information content (AvgIpc) is 2.69. The van der Waals surface area contributed by atoms with Crippen LogP contribution in [-0.4, -0.2) is 60.4 Å². The molecule has 6 heteroatoms. The van der Waals surface area contributed by atoms with Gasteiger partial charge in [0.15, 0.2) is 5.78 Å². The summed E-state index contributed by atoms with van der Waals surface area (Å²) in [6, 6.07) is 8.68. The second-order valence-corrected chi connectivity index (χ2v) is 7.67. The Balaban J connectivity index is 0. The Hall–Kier alpha value is -3.02. The van der Waals surface area contributed by atoms with Gasteiger partial charge in [0.1, 0.15) is 0 Å². The maximum atomic E-state index is 11.6. The molecule has 1 aromatic rings. The molecule has 0 saturated heterocycles. The van der Waals surface area contributed by atoms with E-state index in [2.05, 4.69) is 51.3 Å². The van der Waals surface area contributed by atoms with Gasteiger partial charge in [-0.1, -0.05) is 36.9 Å². The zero-order chi connectivity index (χ0) is 24.9. The van der Waals surface area contributed by atoms with E-state index in [0.29, 0.717) is 6.04 Å². The molecule has 0 bridgehead atoms. The molecule has 0 aromatic heterocycles. The molecule has 0 aliphatic heterocycles. The molecule has 172 valence electrons. The number of benzene rings is 1. The molecular formula is C25H38N2O4. The van der Waals surface area contributed by atoms with Crippen LogP contribution < -0.4 is 0 Å². The minimum atomic E-state index is -0.919. The molecule has 1 rings (SSSR count). The Labute approximate surface area is 187 Å². The third-order valence-electron chi connectivity index (χ3n) is 4.66. The summed E-state index contributed by atoms with van der Waals surface area (Å²) in [6.07, 6.45) is 1.26. The SMILES string of the molecule is C=CC(C(=C)C(C)=O)C(=O)C(=O)N(C)C.CC(=O)N(C)C(C)C.Cc1ccccc1C. The molecule has 0 radical (unpaired) electrons. The van der Waals surface area contributed by atoms with Crippen LogP contribution >= 0.6 is 0 Å². The van der Waals surface area contributed by atoms with Gasteiger partial charge in [0, 0.05) is 39.7 Å². The van der Waals surface area contributed by atoms with Crippen LogP contribution in [0.1, 0.15) is 38.8 Å². The largest absolute Gasteiger partial charge is 0.344 e. The van der Waals surface area contributed by atoms with Crippen LogP contribution in [0, 0.1) is 19.8 Å². The molecular weight excluding hydrogens is 392 g/mol. The quantitative estimate of drug-likeness (QED) is 0.391. The highest BCUT2D eigenvalue weighted by atomic mass is 16.2. The molecule has 0 aliphatic carbocycles. The fraction of sp³-hybridized carbons (Fsp3) is 0.440. The van der Waals surface area contributed by atoms with Gasteiger partial charge in [-0.05, 0) is 45.7 Å². The topological polar surface area (TPSA) is 74.8 Å². The second-order valence-electron chi connectivity index (χ2n) is 7.67. The number of hydrogen-bond donors (Lipinski definition) is 0. The van der Waals surface area contributed by atoms with Gasteiger partial charge >= 0.3 is 0 Å². The zero-order valence-electron chi connectivity index (χ0n) is 20.5. The van der Waals surface area contributed by atoms with Crippen LogP contribution in [0.2, 0.25) is 0 Å². The predicted octanol–water partition coefficient (Wildman–Crippen LogP) is 3.77. The van der Waals surface area contributed by atoms with Crippen LogP contribution in [0.4, 0.5) is 0 Å². The summed E-state index contributed by atoms with van der Waals surface area (Å²) in [4.78, 5) is 47.3. The molecule has 0 saturated carbocycles. The van der Waals surface area contributed by atoms with Crippen molar-refractivity contribution in [3.8, 4) is 0 Å². The van der Waals surface area contributed by atoms with Crippen LogP contribution in [0.5, 0.6) is 0 Å². The van der Waals surface area contributed by atoms with E-state index in [1.807, 2.05) is 13.8 Å². The minimum Gasteiger partial charge on any atom is -0.344 e. The van der Waals surface area contributed by atoms with E-state index in [4.69, 9.17) is 0 Å². The molecule has 31 heavy (non-hydrogen) atoms. The summed E-state index contributed by atoms with van der Waals surface area (Å²) in [5.41, 5.74) is 2.82. The van der Waals surface area contributed by atoms with Crippen LogP contribution in [0.25, 0.3) is 0 Å². The number of hydrogen-bond acceptors (Lipinski definition) is 4. The first-order chi connectivity index (χ1) is 14.2. The Morgan fingerprint density at radius 1 is 0.935 bits per heavy atom. The van der Waals surface area contributed by atoms with Crippen molar-refractivity contribution in [3.05, 3.63) is 60.2 Å². The predicted molar refractivity (Wildman–Crippen MR) is 127 cm³/mol. The van der Waals surface area contributed by atoms with Crippen molar-refractivity contribution in [1.82, 2.24) is 9.80 Å². The second kappa shape index (κ2) is 14.9. The first-order valence-electron chi connectivity index (χ1n) is 10.0. The minimum absolute atomic E-state index is 0.0881.